The van der Waals surface area contributed by atoms with Crippen molar-refractivity contribution in [2.45, 2.75) is 39.7 Å². The molecule has 1 aliphatic rings. The van der Waals surface area contributed by atoms with Crippen LogP contribution in [0.1, 0.15) is 34.1 Å². The fraction of sp³-hybridized carbons (Fsp3) is 0.923. The summed E-state index contributed by atoms with van der Waals surface area (Å²) in [4.78, 5) is 16.1. The molecule has 0 aromatic rings. The van der Waals surface area contributed by atoms with E-state index in [1.54, 1.807) is 0 Å². The van der Waals surface area contributed by atoms with Crippen LogP contribution in [0.2, 0.25) is 0 Å². The highest BCUT2D eigenvalue weighted by Gasteiger charge is 2.26. The molecule has 0 spiro atoms. The summed E-state index contributed by atoms with van der Waals surface area (Å²) in [7, 11) is 2.13. The molecular weight excluding hydrogens is 216 g/mol. The molecule has 0 bridgehead atoms. The van der Waals surface area contributed by atoms with Gasteiger partial charge in [-0.05, 0) is 53.6 Å². The number of hydrogen-bond acceptors (Lipinski definition) is 3. The smallest absolute Gasteiger partial charge is 0.410 e. The highest BCUT2D eigenvalue weighted by atomic mass is 16.6. The molecule has 100 valence electrons. The van der Waals surface area contributed by atoms with Crippen LogP contribution in [0, 0.1) is 5.92 Å². The van der Waals surface area contributed by atoms with Crippen LogP contribution >= 0.6 is 0 Å². The van der Waals surface area contributed by atoms with Crippen LogP contribution < -0.4 is 0 Å². The fourth-order valence-electron chi connectivity index (χ4n) is 2.15. The summed E-state index contributed by atoms with van der Waals surface area (Å²) < 4.78 is 5.40. The minimum Gasteiger partial charge on any atom is -0.444 e. The van der Waals surface area contributed by atoms with Crippen molar-refractivity contribution in [2.24, 2.45) is 5.92 Å². The van der Waals surface area contributed by atoms with E-state index >= 15 is 0 Å². The fourth-order valence-corrected chi connectivity index (χ4v) is 2.15. The van der Waals surface area contributed by atoms with Gasteiger partial charge in [0.1, 0.15) is 5.60 Å². The Morgan fingerprint density at radius 1 is 1.47 bits per heavy atom. The van der Waals surface area contributed by atoms with E-state index in [1.165, 1.54) is 6.42 Å². The number of likely N-dealkylation sites (tertiary alicyclic amines) is 1. The largest absolute Gasteiger partial charge is 0.444 e. The Hall–Kier alpha value is -0.770. The molecule has 1 unspecified atom stereocenters. The number of amides is 1. The van der Waals surface area contributed by atoms with Gasteiger partial charge in [-0.25, -0.2) is 4.79 Å². The molecular formula is C13H26N2O2. The van der Waals surface area contributed by atoms with Gasteiger partial charge in [-0.1, -0.05) is 0 Å². The SMILES string of the molecule is CCN(CC1CCN(C)C1)C(=O)OC(C)(C)C. The number of ether oxygens (including phenoxy) is 1. The monoisotopic (exact) mass is 242 g/mol. The Morgan fingerprint density at radius 2 is 2.12 bits per heavy atom. The Kier molecular flexibility index (Phi) is 4.80. The molecule has 1 aliphatic heterocycles. The summed E-state index contributed by atoms with van der Waals surface area (Å²) in [6, 6.07) is 0. The van der Waals surface area contributed by atoms with Gasteiger partial charge in [-0.15, -0.1) is 0 Å². The lowest BCUT2D eigenvalue weighted by Gasteiger charge is -2.28. The first-order valence-electron chi connectivity index (χ1n) is 6.48. The van der Waals surface area contributed by atoms with Crippen LogP contribution in [-0.4, -0.2) is 54.7 Å². The summed E-state index contributed by atoms with van der Waals surface area (Å²) in [5.41, 5.74) is -0.406. The Morgan fingerprint density at radius 3 is 2.53 bits per heavy atom. The second-order valence-corrected chi connectivity index (χ2v) is 5.94. The second kappa shape index (κ2) is 5.71. The van der Waals surface area contributed by atoms with Crippen molar-refractivity contribution in [1.29, 1.82) is 0 Å². The highest BCUT2D eigenvalue weighted by molar-refractivity contribution is 5.68. The molecule has 4 heteroatoms. The lowest BCUT2D eigenvalue weighted by Crippen LogP contribution is -2.39. The first-order valence-corrected chi connectivity index (χ1v) is 6.48. The molecule has 1 fully saturated rings. The van der Waals surface area contributed by atoms with E-state index in [1.807, 2.05) is 32.6 Å². The maximum atomic E-state index is 11.9. The average Bonchev–Trinajstić information content (AvgIpc) is 2.57. The van der Waals surface area contributed by atoms with Crippen molar-refractivity contribution in [3.63, 3.8) is 0 Å². The molecule has 0 radical (unpaired) electrons. The molecule has 17 heavy (non-hydrogen) atoms. The molecule has 1 heterocycles. The van der Waals surface area contributed by atoms with Gasteiger partial charge < -0.3 is 14.5 Å². The summed E-state index contributed by atoms with van der Waals surface area (Å²) >= 11 is 0. The van der Waals surface area contributed by atoms with Crippen LogP contribution in [0.4, 0.5) is 4.79 Å². The van der Waals surface area contributed by atoms with Crippen molar-refractivity contribution >= 4 is 6.09 Å². The molecule has 0 aromatic heterocycles. The number of carbonyl (C=O) groups excluding carboxylic acids is 1. The van der Waals surface area contributed by atoms with Crippen molar-refractivity contribution in [1.82, 2.24) is 9.80 Å². The maximum Gasteiger partial charge on any atom is 0.410 e. The maximum absolute atomic E-state index is 11.9. The standard InChI is InChI=1S/C13H26N2O2/c1-6-15(12(16)17-13(2,3)4)10-11-7-8-14(5)9-11/h11H,6-10H2,1-5H3. The van der Waals surface area contributed by atoms with Crippen molar-refractivity contribution in [2.75, 3.05) is 33.2 Å². The highest BCUT2D eigenvalue weighted by Crippen LogP contribution is 2.17. The van der Waals surface area contributed by atoms with Crippen LogP contribution in [0.15, 0.2) is 0 Å². The third-order valence-corrected chi connectivity index (χ3v) is 3.00. The summed E-state index contributed by atoms with van der Waals surface area (Å²) in [6.07, 6.45) is 0.991. The third kappa shape index (κ3) is 4.94. The van der Waals surface area contributed by atoms with Gasteiger partial charge in [0.25, 0.3) is 0 Å². The molecule has 1 rings (SSSR count). The van der Waals surface area contributed by atoms with Crippen LogP contribution in [0.25, 0.3) is 0 Å². The molecule has 4 nitrogen and oxygen atoms in total. The third-order valence-electron chi connectivity index (χ3n) is 3.00. The van der Waals surface area contributed by atoms with Crippen molar-refractivity contribution in [3.8, 4) is 0 Å². The minimum absolute atomic E-state index is 0.186. The first kappa shape index (κ1) is 14.3. The Bertz CT molecular complexity index is 261. The van der Waals surface area contributed by atoms with Gasteiger partial charge in [-0.2, -0.15) is 0 Å². The number of carbonyl (C=O) groups is 1. The minimum atomic E-state index is -0.406. The van der Waals surface area contributed by atoms with E-state index < -0.39 is 5.60 Å². The molecule has 1 saturated heterocycles. The van der Waals surface area contributed by atoms with Gasteiger partial charge >= 0.3 is 6.09 Å². The van der Waals surface area contributed by atoms with Crippen molar-refractivity contribution in [3.05, 3.63) is 0 Å². The zero-order chi connectivity index (χ0) is 13.1. The quantitative estimate of drug-likeness (QED) is 0.760. The lowest BCUT2D eigenvalue weighted by molar-refractivity contribution is 0.0234. The molecule has 1 atom stereocenters. The van der Waals surface area contributed by atoms with E-state index in [9.17, 15) is 4.79 Å². The zero-order valence-corrected chi connectivity index (χ0v) is 11.8. The molecule has 0 aliphatic carbocycles. The summed E-state index contributed by atoms with van der Waals surface area (Å²) in [5, 5.41) is 0. The van der Waals surface area contributed by atoms with Crippen LogP contribution in [0.5, 0.6) is 0 Å². The predicted octanol–water partition coefficient (Wildman–Crippen LogP) is 2.20. The van der Waals surface area contributed by atoms with Crippen LogP contribution in [-0.2, 0) is 4.74 Å². The van der Waals surface area contributed by atoms with Gasteiger partial charge in [0.15, 0.2) is 0 Å². The van der Waals surface area contributed by atoms with Gasteiger partial charge in [0, 0.05) is 19.6 Å². The lowest BCUT2D eigenvalue weighted by atomic mass is 10.1. The Labute approximate surface area is 105 Å². The van der Waals surface area contributed by atoms with E-state index in [4.69, 9.17) is 4.74 Å². The normalized spacial score (nSPS) is 21.6. The summed E-state index contributed by atoms with van der Waals surface area (Å²) in [6.45, 7) is 11.5. The first-order chi connectivity index (χ1) is 7.81. The molecule has 0 aromatic carbocycles. The topological polar surface area (TPSA) is 32.8 Å². The van der Waals surface area contributed by atoms with Gasteiger partial charge in [0.2, 0.25) is 0 Å². The van der Waals surface area contributed by atoms with Gasteiger partial charge in [0.05, 0.1) is 0 Å². The molecule has 1 amide bonds. The van der Waals surface area contributed by atoms with Crippen LogP contribution in [0.3, 0.4) is 0 Å². The number of nitrogens with zero attached hydrogens (tertiary/aromatic N) is 2. The second-order valence-electron chi connectivity index (χ2n) is 5.94. The zero-order valence-electron chi connectivity index (χ0n) is 11.8. The number of hydrogen-bond donors (Lipinski definition) is 0. The predicted molar refractivity (Wildman–Crippen MR) is 69.1 cm³/mol. The van der Waals surface area contributed by atoms with E-state index in [-0.39, 0.29) is 6.09 Å². The molecule has 0 N–H and O–H groups in total. The molecule has 0 saturated carbocycles. The van der Waals surface area contributed by atoms with E-state index in [0.29, 0.717) is 5.92 Å². The van der Waals surface area contributed by atoms with Gasteiger partial charge in [-0.3, -0.25) is 0 Å². The Balaban J connectivity index is 2.45. The average molecular weight is 242 g/mol. The van der Waals surface area contributed by atoms with Crippen molar-refractivity contribution < 1.29 is 9.53 Å². The summed E-state index contributed by atoms with van der Waals surface area (Å²) in [5.74, 6) is 0.590. The van der Waals surface area contributed by atoms with E-state index in [2.05, 4.69) is 11.9 Å². The number of rotatable bonds is 3. The van der Waals surface area contributed by atoms with E-state index in [0.717, 1.165) is 26.2 Å².